The van der Waals surface area contributed by atoms with Gasteiger partial charge >= 0.3 is 13.6 Å². The lowest BCUT2D eigenvalue weighted by Gasteiger charge is -2.07. The van der Waals surface area contributed by atoms with Crippen molar-refractivity contribution in [2.75, 3.05) is 0 Å². The van der Waals surface area contributed by atoms with E-state index in [1.165, 1.54) is 0 Å². The molecule has 0 aliphatic carbocycles. The van der Waals surface area contributed by atoms with Crippen LogP contribution >= 0.6 is 7.60 Å². The van der Waals surface area contributed by atoms with Gasteiger partial charge in [-0.25, -0.2) is 9.97 Å². The molecule has 0 spiro atoms. The molecule has 1 atom stereocenters. The van der Waals surface area contributed by atoms with Crippen LogP contribution in [0.15, 0.2) is 12.3 Å². The van der Waals surface area contributed by atoms with Crippen LogP contribution in [0.2, 0.25) is 0 Å². The van der Waals surface area contributed by atoms with Crippen molar-refractivity contribution in [1.82, 2.24) is 9.97 Å². The summed E-state index contributed by atoms with van der Waals surface area (Å²) in [6, 6.07) is -0.136. The van der Waals surface area contributed by atoms with E-state index in [0.717, 1.165) is 12.3 Å². The summed E-state index contributed by atoms with van der Waals surface area (Å²) in [5.41, 5.74) is 4.79. The fourth-order valence-electron chi connectivity index (χ4n) is 0.933. The van der Waals surface area contributed by atoms with Crippen LogP contribution in [0.25, 0.3) is 0 Å². The minimum Gasteiger partial charge on any atom is -0.480 e. The summed E-state index contributed by atoms with van der Waals surface area (Å²) in [7, 11) is -4.45. The lowest BCUT2D eigenvalue weighted by Crippen LogP contribution is -2.33. The minimum atomic E-state index is -4.45. The van der Waals surface area contributed by atoms with Gasteiger partial charge in [-0.1, -0.05) is 0 Å². The smallest absolute Gasteiger partial charge is 0.374 e. The van der Waals surface area contributed by atoms with E-state index in [1.807, 2.05) is 0 Å². The van der Waals surface area contributed by atoms with Gasteiger partial charge in [0.05, 0.1) is 0 Å². The molecule has 0 aromatic carbocycles. The molecule has 0 aliphatic heterocycles. The maximum atomic E-state index is 10.9. The number of nitrogens with two attached hydrogens (primary N) is 1. The van der Waals surface area contributed by atoms with Crippen molar-refractivity contribution < 1.29 is 24.3 Å². The highest BCUT2D eigenvalue weighted by atomic mass is 31.2. The van der Waals surface area contributed by atoms with E-state index < -0.39 is 25.0 Å². The monoisotopic (exact) mass is 247 g/mol. The second-order valence-electron chi connectivity index (χ2n) is 3.02. The van der Waals surface area contributed by atoms with Crippen LogP contribution in [0.3, 0.4) is 0 Å². The Morgan fingerprint density at radius 3 is 2.69 bits per heavy atom. The number of carboxylic acids is 1. The highest BCUT2D eigenvalue weighted by molar-refractivity contribution is 7.60. The van der Waals surface area contributed by atoms with E-state index >= 15 is 0 Å². The lowest BCUT2D eigenvalue weighted by atomic mass is 10.2. The Morgan fingerprint density at radius 1 is 1.56 bits per heavy atom. The second kappa shape index (κ2) is 4.67. The Kier molecular flexibility index (Phi) is 3.71. The number of aliphatic carboxylic acids is 1. The minimum absolute atomic E-state index is 0.0178. The quantitative estimate of drug-likeness (QED) is 0.457. The van der Waals surface area contributed by atoms with Gasteiger partial charge in [0.25, 0.3) is 0 Å². The van der Waals surface area contributed by atoms with Gasteiger partial charge in [-0.05, 0) is 6.07 Å². The van der Waals surface area contributed by atoms with Crippen LogP contribution < -0.4 is 11.2 Å². The number of aromatic nitrogens is 2. The highest BCUT2D eigenvalue weighted by Crippen LogP contribution is 2.31. The normalized spacial score (nSPS) is 13.4. The Morgan fingerprint density at radius 2 is 2.19 bits per heavy atom. The molecular weight excluding hydrogens is 237 g/mol. The van der Waals surface area contributed by atoms with Gasteiger partial charge in [0.2, 0.25) is 0 Å². The first-order valence-corrected chi connectivity index (χ1v) is 5.78. The van der Waals surface area contributed by atoms with E-state index in [4.69, 9.17) is 20.6 Å². The Bertz CT molecular complexity index is 445. The molecule has 1 rings (SSSR count). The molecule has 1 heterocycles. The van der Waals surface area contributed by atoms with Gasteiger partial charge in [-0.2, -0.15) is 0 Å². The van der Waals surface area contributed by atoms with E-state index in [2.05, 4.69) is 9.97 Å². The number of carboxylic acid groups (broad SMARTS) is 1. The molecule has 1 aromatic heterocycles. The number of hydrogen-bond donors (Lipinski definition) is 4. The third kappa shape index (κ3) is 3.35. The third-order valence-corrected chi connectivity index (χ3v) is 2.55. The zero-order chi connectivity index (χ0) is 12.3. The second-order valence-corrected chi connectivity index (χ2v) is 4.57. The summed E-state index contributed by atoms with van der Waals surface area (Å²) in [5, 5.41) is 8.54. The molecule has 5 N–H and O–H groups in total. The highest BCUT2D eigenvalue weighted by Gasteiger charge is 2.21. The van der Waals surface area contributed by atoms with Gasteiger partial charge in [0.1, 0.15) is 11.9 Å². The zero-order valence-corrected chi connectivity index (χ0v) is 8.91. The molecule has 0 saturated heterocycles. The molecule has 8 nitrogen and oxygen atoms in total. The molecule has 0 bridgehead atoms. The maximum Gasteiger partial charge on any atom is 0.374 e. The molecule has 0 radical (unpaired) electrons. The topological polar surface area (TPSA) is 147 Å². The average molecular weight is 247 g/mol. The first kappa shape index (κ1) is 12.7. The first-order chi connectivity index (χ1) is 7.30. The van der Waals surface area contributed by atoms with Gasteiger partial charge in [0.15, 0.2) is 5.44 Å². The van der Waals surface area contributed by atoms with Crippen LogP contribution in [0.1, 0.15) is 5.82 Å². The van der Waals surface area contributed by atoms with Crippen molar-refractivity contribution in [1.29, 1.82) is 0 Å². The van der Waals surface area contributed by atoms with E-state index in [1.54, 1.807) is 0 Å². The summed E-state index contributed by atoms with van der Waals surface area (Å²) in [5.74, 6) is -1.25. The zero-order valence-electron chi connectivity index (χ0n) is 8.02. The molecule has 0 aliphatic rings. The van der Waals surface area contributed by atoms with Crippen molar-refractivity contribution in [3.63, 3.8) is 0 Å². The predicted octanol–water partition coefficient (Wildman–Crippen LogP) is -1.77. The van der Waals surface area contributed by atoms with Crippen molar-refractivity contribution in [2.24, 2.45) is 5.73 Å². The standard InChI is InChI=1S/C7H10N3O5P/c8-4(7(11)12)3-5-9-2-1-6(10-5)16(13,14)15/h1-2,4H,3,8H2,(H,11,12)(H2,13,14,15)/t4-/m0/s1. The first-order valence-electron chi connectivity index (χ1n) is 4.17. The van der Waals surface area contributed by atoms with Crippen LogP contribution in [-0.2, 0) is 15.8 Å². The fraction of sp³-hybridized carbons (Fsp3) is 0.286. The Hall–Kier alpha value is -1.34. The summed E-state index contributed by atoms with van der Waals surface area (Å²) in [4.78, 5) is 35.3. The van der Waals surface area contributed by atoms with Crippen molar-refractivity contribution in [3.8, 4) is 0 Å². The fourth-order valence-corrected chi connectivity index (χ4v) is 1.44. The van der Waals surface area contributed by atoms with Gasteiger partial charge in [-0.3, -0.25) is 9.36 Å². The van der Waals surface area contributed by atoms with Crippen LogP contribution in [-0.4, -0.2) is 36.9 Å². The van der Waals surface area contributed by atoms with Gasteiger partial charge < -0.3 is 20.6 Å². The molecule has 1 aromatic rings. The van der Waals surface area contributed by atoms with Crippen molar-refractivity contribution in [3.05, 3.63) is 18.1 Å². The number of rotatable bonds is 4. The summed E-state index contributed by atoms with van der Waals surface area (Å²) < 4.78 is 10.9. The summed E-state index contributed by atoms with van der Waals surface area (Å²) >= 11 is 0. The Labute approximate surface area is 90.3 Å². The molecule has 0 amide bonds. The summed E-state index contributed by atoms with van der Waals surface area (Å²) in [6.45, 7) is 0. The van der Waals surface area contributed by atoms with E-state index in [-0.39, 0.29) is 12.2 Å². The largest absolute Gasteiger partial charge is 0.480 e. The molecule has 0 unspecified atom stereocenters. The molecule has 0 fully saturated rings. The molecule has 9 heteroatoms. The predicted molar refractivity (Wildman–Crippen MR) is 53.0 cm³/mol. The molecular formula is C7H10N3O5P. The molecule has 16 heavy (non-hydrogen) atoms. The molecule has 0 saturated carbocycles. The van der Waals surface area contributed by atoms with Crippen molar-refractivity contribution in [2.45, 2.75) is 12.5 Å². The molecule has 88 valence electrons. The van der Waals surface area contributed by atoms with Gasteiger partial charge in [0, 0.05) is 12.6 Å². The van der Waals surface area contributed by atoms with Crippen LogP contribution in [0, 0.1) is 0 Å². The average Bonchev–Trinajstić information content (AvgIpc) is 2.16. The maximum absolute atomic E-state index is 10.9. The number of hydrogen-bond acceptors (Lipinski definition) is 5. The van der Waals surface area contributed by atoms with Gasteiger partial charge in [-0.15, -0.1) is 0 Å². The Balaban J connectivity index is 2.92. The van der Waals surface area contributed by atoms with E-state index in [0.29, 0.717) is 0 Å². The van der Waals surface area contributed by atoms with Crippen LogP contribution in [0.4, 0.5) is 0 Å². The SMILES string of the molecule is N[C@@H](Cc1nccc(P(=O)(O)O)n1)C(=O)O. The number of nitrogens with zero attached hydrogens (tertiary/aromatic N) is 2. The summed E-state index contributed by atoms with van der Waals surface area (Å²) in [6.07, 6.45) is 0.953. The number of carbonyl (C=O) groups is 1. The third-order valence-electron chi connectivity index (χ3n) is 1.71. The lowest BCUT2D eigenvalue weighted by molar-refractivity contribution is -0.138. The van der Waals surface area contributed by atoms with Crippen LogP contribution in [0.5, 0.6) is 0 Å². The van der Waals surface area contributed by atoms with Crippen molar-refractivity contribution >= 4 is 19.0 Å². The van der Waals surface area contributed by atoms with E-state index in [9.17, 15) is 9.36 Å².